The van der Waals surface area contributed by atoms with Gasteiger partial charge in [-0.05, 0) is 12.1 Å². The van der Waals surface area contributed by atoms with Gasteiger partial charge in [0, 0.05) is 11.3 Å². The number of benzene rings is 1. The first-order chi connectivity index (χ1) is 6.72. The van der Waals surface area contributed by atoms with E-state index in [1.807, 2.05) is 6.07 Å². The van der Waals surface area contributed by atoms with Gasteiger partial charge in [-0.3, -0.25) is 0 Å². The van der Waals surface area contributed by atoms with Crippen LogP contribution in [0.15, 0.2) is 17.1 Å². The number of guanidine groups is 1. The van der Waals surface area contributed by atoms with Crippen molar-refractivity contribution in [3.63, 3.8) is 0 Å². The summed E-state index contributed by atoms with van der Waals surface area (Å²) < 4.78 is 5.10. The Morgan fingerprint density at radius 3 is 3.07 bits per heavy atom. The van der Waals surface area contributed by atoms with Crippen molar-refractivity contribution < 1.29 is 4.74 Å². The van der Waals surface area contributed by atoms with E-state index in [2.05, 4.69) is 10.3 Å². The smallest absolute Gasteiger partial charge is 0.193 e. The number of methoxy groups -OCH3 is 1. The van der Waals surface area contributed by atoms with E-state index in [0.717, 1.165) is 11.3 Å². The van der Waals surface area contributed by atoms with Crippen LogP contribution in [0.4, 0.5) is 5.69 Å². The Morgan fingerprint density at radius 1 is 1.57 bits per heavy atom. The van der Waals surface area contributed by atoms with Crippen molar-refractivity contribution in [2.24, 2.45) is 10.7 Å². The summed E-state index contributed by atoms with van der Waals surface area (Å²) in [6, 6.07) is 3.67. The van der Waals surface area contributed by atoms with Crippen LogP contribution in [0.1, 0.15) is 5.56 Å². The van der Waals surface area contributed by atoms with E-state index in [1.165, 1.54) is 0 Å². The zero-order valence-corrected chi connectivity index (χ0v) is 8.43. The molecule has 0 atom stereocenters. The lowest BCUT2D eigenvalue weighted by molar-refractivity contribution is 0.414. The second kappa shape index (κ2) is 3.38. The molecule has 0 bridgehead atoms. The van der Waals surface area contributed by atoms with Crippen molar-refractivity contribution in [1.29, 1.82) is 0 Å². The maximum absolute atomic E-state index is 6.10. The molecule has 1 aliphatic heterocycles. The van der Waals surface area contributed by atoms with Gasteiger partial charge >= 0.3 is 0 Å². The molecular weight excluding hydrogens is 202 g/mol. The lowest BCUT2D eigenvalue weighted by atomic mass is 10.1. The Balaban J connectivity index is 2.48. The van der Waals surface area contributed by atoms with Crippen LogP contribution in [0.3, 0.4) is 0 Å². The largest absolute Gasteiger partial charge is 0.495 e. The summed E-state index contributed by atoms with van der Waals surface area (Å²) in [5.74, 6) is 1.07. The average Bonchev–Trinajstić information content (AvgIpc) is 2.18. The van der Waals surface area contributed by atoms with Gasteiger partial charge in [0.2, 0.25) is 0 Å². The average molecular weight is 212 g/mol. The molecule has 0 saturated carbocycles. The number of nitrogens with one attached hydrogen (secondary N) is 1. The van der Waals surface area contributed by atoms with Crippen molar-refractivity contribution in [3.8, 4) is 5.75 Å². The van der Waals surface area contributed by atoms with Crippen LogP contribution in [-0.2, 0) is 6.54 Å². The maximum atomic E-state index is 6.10. The summed E-state index contributed by atoms with van der Waals surface area (Å²) in [5, 5.41) is 3.53. The molecule has 5 heteroatoms. The van der Waals surface area contributed by atoms with E-state index >= 15 is 0 Å². The Hall–Kier alpha value is -1.42. The summed E-state index contributed by atoms with van der Waals surface area (Å²) in [6.07, 6.45) is 0. The van der Waals surface area contributed by atoms with Gasteiger partial charge in [0.15, 0.2) is 5.96 Å². The monoisotopic (exact) mass is 211 g/mol. The van der Waals surface area contributed by atoms with E-state index in [0.29, 0.717) is 23.3 Å². The summed E-state index contributed by atoms with van der Waals surface area (Å²) in [6.45, 7) is 0.490. The Labute approximate surface area is 86.7 Å². The summed E-state index contributed by atoms with van der Waals surface area (Å²) in [7, 11) is 1.58. The van der Waals surface area contributed by atoms with Crippen molar-refractivity contribution in [2.45, 2.75) is 6.54 Å². The molecule has 74 valence electrons. The molecule has 0 aromatic heterocycles. The number of ether oxygens (including phenoxy) is 1. The highest BCUT2D eigenvalue weighted by Gasteiger charge is 2.15. The molecule has 0 spiro atoms. The molecule has 0 radical (unpaired) electrons. The number of fused-ring (bicyclic) bond motifs is 1. The van der Waals surface area contributed by atoms with Gasteiger partial charge in [-0.1, -0.05) is 11.6 Å². The molecule has 1 aromatic rings. The number of nitrogens with two attached hydrogens (primary N) is 1. The van der Waals surface area contributed by atoms with Gasteiger partial charge in [-0.15, -0.1) is 0 Å². The number of anilines is 1. The predicted octanol–water partition coefficient (Wildman–Crippen LogP) is 1.59. The third-order valence-corrected chi connectivity index (χ3v) is 2.51. The number of nitrogens with zero attached hydrogens (tertiary/aromatic N) is 1. The van der Waals surface area contributed by atoms with E-state index in [-0.39, 0.29) is 0 Å². The van der Waals surface area contributed by atoms with E-state index in [4.69, 9.17) is 22.1 Å². The molecule has 0 saturated heterocycles. The van der Waals surface area contributed by atoms with Gasteiger partial charge < -0.3 is 15.8 Å². The number of rotatable bonds is 1. The highest BCUT2D eigenvalue weighted by atomic mass is 35.5. The van der Waals surface area contributed by atoms with Gasteiger partial charge in [0.05, 0.1) is 18.7 Å². The highest BCUT2D eigenvalue weighted by Crippen LogP contribution is 2.35. The van der Waals surface area contributed by atoms with Crippen LogP contribution in [0, 0.1) is 0 Å². The second-order valence-electron chi connectivity index (χ2n) is 2.93. The van der Waals surface area contributed by atoms with E-state index < -0.39 is 0 Å². The standard InChI is InChI=1S/C9H10ClN3O/c1-14-7-3-2-6-5(8(7)10)4-12-9(11)13-6/h2-3H,4H2,1H3,(H3,11,12,13). The number of halogens is 1. The van der Waals surface area contributed by atoms with Crippen LogP contribution in [-0.4, -0.2) is 13.1 Å². The molecule has 0 aliphatic carbocycles. The first kappa shape index (κ1) is 9.15. The molecule has 0 unspecified atom stereocenters. The number of aliphatic imine (C=N–C) groups is 1. The lowest BCUT2D eigenvalue weighted by Gasteiger charge is -2.18. The minimum absolute atomic E-state index is 0.415. The first-order valence-corrected chi connectivity index (χ1v) is 4.52. The van der Waals surface area contributed by atoms with Gasteiger partial charge in [-0.25, -0.2) is 4.99 Å². The molecule has 2 rings (SSSR count). The minimum Gasteiger partial charge on any atom is -0.495 e. The van der Waals surface area contributed by atoms with E-state index in [9.17, 15) is 0 Å². The van der Waals surface area contributed by atoms with Gasteiger partial charge in [-0.2, -0.15) is 0 Å². The van der Waals surface area contributed by atoms with E-state index in [1.54, 1.807) is 13.2 Å². The molecule has 0 fully saturated rings. The van der Waals surface area contributed by atoms with Crippen LogP contribution in [0.2, 0.25) is 5.02 Å². The van der Waals surface area contributed by atoms with Crippen LogP contribution < -0.4 is 15.8 Å². The lowest BCUT2D eigenvalue weighted by Crippen LogP contribution is -2.26. The topological polar surface area (TPSA) is 59.6 Å². The van der Waals surface area contributed by atoms with Crippen LogP contribution in [0.25, 0.3) is 0 Å². The normalized spacial score (nSPS) is 14.0. The predicted molar refractivity (Wildman–Crippen MR) is 57.0 cm³/mol. The third kappa shape index (κ3) is 1.37. The molecular formula is C9H10ClN3O. The zero-order valence-electron chi connectivity index (χ0n) is 7.67. The van der Waals surface area contributed by atoms with Crippen LogP contribution >= 0.6 is 11.6 Å². The minimum atomic E-state index is 0.415. The number of hydrogen-bond acceptors (Lipinski definition) is 4. The molecule has 4 nitrogen and oxygen atoms in total. The Bertz CT molecular complexity index is 403. The third-order valence-electron chi connectivity index (χ3n) is 2.10. The molecule has 14 heavy (non-hydrogen) atoms. The summed E-state index contributed by atoms with van der Waals surface area (Å²) in [5.41, 5.74) is 7.34. The maximum Gasteiger partial charge on any atom is 0.193 e. The zero-order chi connectivity index (χ0) is 10.1. The number of hydrogen-bond donors (Lipinski definition) is 2. The fraction of sp³-hybridized carbons (Fsp3) is 0.222. The van der Waals surface area contributed by atoms with Crippen molar-refractivity contribution in [3.05, 3.63) is 22.7 Å². The highest BCUT2D eigenvalue weighted by molar-refractivity contribution is 6.33. The molecule has 3 N–H and O–H groups in total. The fourth-order valence-electron chi connectivity index (χ4n) is 1.37. The molecule has 0 amide bonds. The Morgan fingerprint density at radius 2 is 2.36 bits per heavy atom. The fourth-order valence-corrected chi connectivity index (χ4v) is 1.67. The SMILES string of the molecule is COc1ccc2c(c1Cl)CN=C(N)N2. The summed E-state index contributed by atoms with van der Waals surface area (Å²) in [4.78, 5) is 4.05. The van der Waals surface area contributed by atoms with Crippen molar-refractivity contribution in [1.82, 2.24) is 0 Å². The summed E-state index contributed by atoms with van der Waals surface area (Å²) >= 11 is 6.10. The van der Waals surface area contributed by atoms with Gasteiger partial charge in [0.25, 0.3) is 0 Å². The van der Waals surface area contributed by atoms with Crippen LogP contribution in [0.5, 0.6) is 5.75 Å². The quantitative estimate of drug-likeness (QED) is 0.742. The Kier molecular flexibility index (Phi) is 2.21. The van der Waals surface area contributed by atoms with Crippen molar-refractivity contribution in [2.75, 3.05) is 12.4 Å². The second-order valence-corrected chi connectivity index (χ2v) is 3.31. The first-order valence-electron chi connectivity index (χ1n) is 4.14. The molecule has 1 heterocycles. The van der Waals surface area contributed by atoms with Crippen molar-refractivity contribution >= 4 is 23.2 Å². The van der Waals surface area contributed by atoms with Gasteiger partial charge in [0.1, 0.15) is 5.75 Å². The molecule has 1 aromatic carbocycles. The molecule has 1 aliphatic rings.